The zero-order valence-electron chi connectivity index (χ0n) is 15.2. The van der Waals surface area contributed by atoms with E-state index in [2.05, 4.69) is 50.4 Å². The van der Waals surface area contributed by atoms with Crippen molar-refractivity contribution >= 4 is 39.0 Å². The molecule has 0 spiro atoms. The van der Waals surface area contributed by atoms with Crippen molar-refractivity contribution in [3.63, 3.8) is 0 Å². The second-order valence-corrected chi connectivity index (χ2v) is 8.76. The number of nitrogens with zero attached hydrogens (tertiary/aromatic N) is 1. The first-order valence-corrected chi connectivity index (χ1v) is 10.8. The maximum absolute atomic E-state index is 12.6. The third-order valence-electron chi connectivity index (χ3n) is 4.93. The lowest BCUT2D eigenvalue weighted by atomic mass is 9.93. The number of benzene rings is 1. The summed E-state index contributed by atoms with van der Waals surface area (Å²) in [6.45, 7) is 2.07. The zero-order valence-corrected chi connectivity index (χ0v) is 17.6. The maximum atomic E-state index is 12.6. The number of urea groups is 1. The van der Waals surface area contributed by atoms with Crippen molar-refractivity contribution in [1.29, 1.82) is 0 Å². The SMILES string of the molecule is C[C@@H](NC(=O)Nc1ccccc1Br)c1c(-n2cccc2)sc2c1CCCC2. The lowest BCUT2D eigenvalue weighted by molar-refractivity contribution is 0.249. The van der Waals surface area contributed by atoms with Crippen LogP contribution in [0.15, 0.2) is 53.3 Å². The molecule has 2 aromatic heterocycles. The van der Waals surface area contributed by atoms with Crippen LogP contribution in [0.1, 0.15) is 41.8 Å². The molecule has 4 rings (SSSR count). The molecule has 140 valence electrons. The van der Waals surface area contributed by atoms with E-state index >= 15 is 0 Å². The summed E-state index contributed by atoms with van der Waals surface area (Å²) < 4.78 is 3.04. The zero-order chi connectivity index (χ0) is 18.8. The molecule has 1 atom stereocenters. The summed E-state index contributed by atoms with van der Waals surface area (Å²) in [6, 6.07) is 11.5. The minimum Gasteiger partial charge on any atom is -0.331 e. The summed E-state index contributed by atoms with van der Waals surface area (Å²) in [5.41, 5.74) is 3.46. The van der Waals surface area contributed by atoms with E-state index < -0.39 is 0 Å². The third kappa shape index (κ3) is 3.82. The van der Waals surface area contributed by atoms with E-state index in [9.17, 15) is 4.79 Å². The van der Waals surface area contributed by atoms with E-state index in [4.69, 9.17) is 0 Å². The number of rotatable bonds is 4. The monoisotopic (exact) mass is 443 g/mol. The average Bonchev–Trinajstić information content (AvgIpc) is 3.30. The highest BCUT2D eigenvalue weighted by Gasteiger charge is 2.26. The predicted octanol–water partition coefficient (Wildman–Crippen LogP) is 6.06. The summed E-state index contributed by atoms with van der Waals surface area (Å²) in [6.07, 6.45) is 8.87. The van der Waals surface area contributed by atoms with Crippen LogP contribution in [0.4, 0.5) is 10.5 Å². The molecule has 0 saturated heterocycles. The molecular formula is C21H22BrN3OS. The van der Waals surface area contributed by atoms with E-state index in [1.54, 1.807) is 0 Å². The van der Waals surface area contributed by atoms with Gasteiger partial charge < -0.3 is 15.2 Å². The standard InChI is InChI=1S/C21H22BrN3OS/c1-14(23-21(26)24-17-10-4-3-9-16(17)22)19-15-8-2-5-11-18(15)27-20(19)25-12-6-7-13-25/h3-4,6-7,9-10,12-14H,2,5,8,11H2,1H3,(H2,23,24,26)/t14-/m1/s1. The van der Waals surface area contributed by atoms with Crippen LogP contribution in [0.3, 0.4) is 0 Å². The highest BCUT2D eigenvalue weighted by molar-refractivity contribution is 9.10. The molecule has 0 saturated carbocycles. The van der Waals surface area contributed by atoms with Crippen molar-refractivity contribution < 1.29 is 4.79 Å². The van der Waals surface area contributed by atoms with Crippen LogP contribution in [0.5, 0.6) is 0 Å². The Kier molecular flexibility index (Phi) is 5.36. The fourth-order valence-corrected chi connectivity index (χ4v) is 5.51. The molecule has 1 aliphatic carbocycles. The number of amides is 2. The Hall–Kier alpha value is -2.05. The van der Waals surface area contributed by atoms with Crippen molar-refractivity contribution in [3.8, 4) is 5.00 Å². The van der Waals surface area contributed by atoms with Crippen LogP contribution in [0.25, 0.3) is 5.00 Å². The lowest BCUT2D eigenvalue weighted by Gasteiger charge is -2.20. The van der Waals surface area contributed by atoms with Crippen LogP contribution in [0, 0.1) is 0 Å². The summed E-state index contributed by atoms with van der Waals surface area (Å²) in [5, 5.41) is 7.29. The number of thiophene rings is 1. The van der Waals surface area contributed by atoms with Gasteiger partial charge in [0.25, 0.3) is 0 Å². The molecule has 27 heavy (non-hydrogen) atoms. The number of para-hydroxylation sites is 1. The van der Waals surface area contributed by atoms with E-state index in [-0.39, 0.29) is 12.1 Å². The molecule has 2 N–H and O–H groups in total. The van der Waals surface area contributed by atoms with Crippen molar-refractivity contribution in [3.05, 3.63) is 69.3 Å². The molecule has 0 fully saturated rings. The summed E-state index contributed by atoms with van der Waals surface area (Å²) >= 11 is 5.34. The largest absolute Gasteiger partial charge is 0.331 e. The fraction of sp³-hybridized carbons (Fsp3) is 0.286. The van der Waals surface area contributed by atoms with Gasteiger partial charge in [-0.1, -0.05) is 12.1 Å². The molecule has 1 aliphatic rings. The highest BCUT2D eigenvalue weighted by Crippen LogP contribution is 2.40. The number of carbonyl (C=O) groups excluding carboxylic acids is 1. The molecule has 6 heteroatoms. The molecule has 0 bridgehead atoms. The number of fused-ring (bicyclic) bond motifs is 1. The van der Waals surface area contributed by atoms with Gasteiger partial charge in [0, 0.05) is 27.3 Å². The van der Waals surface area contributed by atoms with Gasteiger partial charge in [-0.3, -0.25) is 0 Å². The number of carbonyl (C=O) groups is 1. The number of hydrogen-bond acceptors (Lipinski definition) is 2. The Morgan fingerprint density at radius 3 is 2.67 bits per heavy atom. The Morgan fingerprint density at radius 2 is 1.89 bits per heavy atom. The van der Waals surface area contributed by atoms with Crippen molar-refractivity contribution in [2.75, 3.05) is 5.32 Å². The first kappa shape index (κ1) is 18.3. The smallest absolute Gasteiger partial charge is 0.319 e. The summed E-state index contributed by atoms with van der Waals surface area (Å²) in [4.78, 5) is 14.1. The fourth-order valence-electron chi connectivity index (χ4n) is 3.67. The molecule has 3 aromatic rings. The second kappa shape index (κ2) is 7.90. The van der Waals surface area contributed by atoms with Crippen LogP contribution in [0.2, 0.25) is 0 Å². The van der Waals surface area contributed by atoms with E-state index in [1.165, 1.54) is 33.8 Å². The number of halogens is 1. The Bertz CT molecular complexity index is 948. The van der Waals surface area contributed by atoms with Crippen molar-refractivity contribution in [2.45, 2.75) is 38.6 Å². The van der Waals surface area contributed by atoms with Gasteiger partial charge in [-0.15, -0.1) is 11.3 Å². The van der Waals surface area contributed by atoms with Crippen LogP contribution < -0.4 is 10.6 Å². The van der Waals surface area contributed by atoms with Crippen molar-refractivity contribution in [1.82, 2.24) is 9.88 Å². The molecule has 1 aromatic carbocycles. The second-order valence-electron chi connectivity index (χ2n) is 6.82. The van der Waals surface area contributed by atoms with E-state index in [1.807, 2.05) is 47.7 Å². The normalized spacial score (nSPS) is 14.4. The first-order chi connectivity index (χ1) is 13.1. The van der Waals surface area contributed by atoms with Crippen LogP contribution >= 0.6 is 27.3 Å². The topological polar surface area (TPSA) is 46.1 Å². The van der Waals surface area contributed by atoms with Gasteiger partial charge in [0.15, 0.2) is 0 Å². The van der Waals surface area contributed by atoms with Crippen LogP contribution in [-0.4, -0.2) is 10.6 Å². The average molecular weight is 444 g/mol. The maximum Gasteiger partial charge on any atom is 0.319 e. The van der Waals surface area contributed by atoms with Crippen LogP contribution in [-0.2, 0) is 12.8 Å². The Balaban J connectivity index is 1.59. The van der Waals surface area contributed by atoms with E-state index in [0.717, 1.165) is 23.0 Å². The number of nitrogens with one attached hydrogen (secondary N) is 2. The van der Waals surface area contributed by atoms with E-state index in [0.29, 0.717) is 0 Å². The third-order valence-corrected chi connectivity index (χ3v) is 6.95. The van der Waals surface area contributed by atoms with Gasteiger partial charge in [-0.25, -0.2) is 4.79 Å². The van der Waals surface area contributed by atoms with Gasteiger partial charge >= 0.3 is 6.03 Å². The van der Waals surface area contributed by atoms with Gasteiger partial charge in [0.1, 0.15) is 5.00 Å². The minimum atomic E-state index is -0.191. The molecule has 2 amide bonds. The Morgan fingerprint density at radius 1 is 1.15 bits per heavy atom. The van der Waals surface area contributed by atoms with Gasteiger partial charge in [0.2, 0.25) is 0 Å². The quantitative estimate of drug-likeness (QED) is 0.505. The number of aryl methyl sites for hydroxylation is 1. The molecule has 2 heterocycles. The number of aromatic nitrogens is 1. The number of anilines is 1. The first-order valence-electron chi connectivity index (χ1n) is 9.23. The molecule has 0 radical (unpaired) electrons. The molecule has 0 unspecified atom stereocenters. The van der Waals surface area contributed by atoms with Gasteiger partial charge in [-0.05, 0) is 78.4 Å². The minimum absolute atomic E-state index is 0.0667. The van der Waals surface area contributed by atoms with Gasteiger partial charge in [-0.2, -0.15) is 0 Å². The molecule has 0 aliphatic heterocycles. The van der Waals surface area contributed by atoms with Gasteiger partial charge in [0.05, 0.1) is 11.7 Å². The summed E-state index contributed by atoms with van der Waals surface area (Å²) in [5.74, 6) is 0. The van der Waals surface area contributed by atoms with Crippen molar-refractivity contribution in [2.24, 2.45) is 0 Å². The Labute approximate surface area is 171 Å². The highest BCUT2D eigenvalue weighted by atomic mass is 79.9. The molecular weight excluding hydrogens is 422 g/mol. The number of hydrogen-bond donors (Lipinski definition) is 2. The predicted molar refractivity (Wildman–Crippen MR) is 115 cm³/mol. The molecule has 4 nitrogen and oxygen atoms in total. The lowest BCUT2D eigenvalue weighted by Crippen LogP contribution is -2.32. The summed E-state index contributed by atoms with van der Waals surface area (Å²) in [7, 11) is 0.